The first-order valence-electron chi connectivity index (χ1n) is 8.09. The molecule has 0 spiro atoms. The number of nitrogens with one attached hydrogen (secondary N) is 2. The first-order valence-corrected chi connectivity index (χ1v) is 8.09. The summed E-state index contributed by atoms with van der Waals surface area (Å²) < 4.78 is 3.17. The predicted octanol–water partition coefficient (Wildman–Crippen LogP) is 0.445. The molecule has 2 aromatic heterocycles. The van der Waals surface area contributed by atoms with Gasteiger partial charge in [0, 0.05) is 20.1 Å². The van der Waals surface area contributed by atoms with Crippen molar-refractivity contribution >= 4 is 17.1 Å². The molecule has 0 aliphatic carbocycles. The number of imidazole rings is 1. The van der Waals surface area contributed by atoms with E-state index in [0.29, 0.717) is 30.2 Å². The molecule has 0 unspecified atom stereocenters. The molecule has 25 heavy (non-hydrogen) atoms. The van der Waals surface area contributed by atoms with Crippen LogP contribution >= 0.6 is 0 Å². The summed E-state index contributed by atoms with van der Waals surface area (Å²) in [4.78, 5) is 33.2. The smallest absolute Gasteiger partial charge is 0.329 e. The van der Waals surface area contributed by atoms with Gasteiger partial charge in [-0.1, -0.05) is 30.3 Å². The summed E-state index contributed by atoms with van der Waals surface area (Å²) in [5.41, 5.74) is 0.907. The number of hydrogen-bond donors (Lipinski definition) is 2. The first kappa shape index (κ1) is 17.0. The molecule has 2 N–H and O–H groups in total. The number of hydrogen-bond acceptors (Lipinski definition) is 5. The van der Waals surface area contributed by atoms with Crippen LogP contribution in [-0.4, -0.2) is 51.2 Å². The number of fused-ring (bicyclic) bond motifs is 1. The van der Waals surface area contributed by atoms with Crippen LogP contribution in [0.4, 0.5) is 5.95 Å². The largest absolute Gasteiger partial charge is 0.354 e. The van der Waals surface area contributed by atoms with Gasteiger partial charge in [0.25, 0.3) is 5.56 Å². The monoisotopic (exact) mass is 342 g/mol. The minimum atomic E-state index is -0.471. The summed E-state index contributed by atoms with van der Waals surface area (Å²) in [7, 11) is 5.58. The highest BCUT2D eigenvalue weighted by atomic mass is 16.2. The number of anilines is 1. The van der Waals surface area contributed by atoms with E-state index in [0.717, 1.165) is 12.1 Å². The van der Waals surface area contributed by atoms with Crippen LogP contribution in [0.1, 0.15) is 5.56 Å². The van der Waals surface area contributed by atoms with Crippen LogP contribution in [0.25, 0.3) is 11.2 Å². The summed E-state index contributed by atoms with van der Waals surface area (Å²) in [6.45, 7) is 1.99. The maximum Gasteiger partial charge on any atom is 0.329 e. The van der Waals surface area contributed by atoms with Crippen molar-refractivity contribution in [2.45, 2.75) is 6.54 Å². The molecule has 3 rings (SSSR count). The number of H-pyrrole nitrogens is 1. The average molecular weight is 342 g/mol. The van der Waals surface area contributed by atoms with Crippen molar-refractivity contribution in [1.29, 1.82) is 0 Å². The third-order valence-corrected chi connectivity index (χ3v) is 4.03. The Bertz CT molecular complexity index is 984. The second kappa shape index (κ2) is 6.94. The first-order chi connectivity index (χ1) is 12.0. The van der Waals surface area contributed by atoms with E-state index in [4.69, 9.17) is 0 Å². The normalized spacial score (nSPS) is 11.4. The number of nitrogens with zero attached hydrogens (tertiary/aromatic N) is 4. The van der Waals surface area contributed by atoms with Gasteiger partial charge in [-0.05, 0) is 19.7 Å². The molecule has 0 bridgehead atoms. The third-order valence-electron chi connectivity index (χ3n) is 4.03. The molecule has 0 aliphatic heterocycles. The molecule has 1 aromatic carbocycles. The predicted molar refractivity (Wildman–Crippen MR) is 98.2 cm³/mol. The average Bonchev–Trinajstić information content (AvgIpc) is 2.92. The fourth-order valence-corrected chi connectivity index (χ4v) is 2.68. The Morgan fingerprint density at radius 2 is 1.92 bits per heavy atom. The minimum absolute atomic E-state index is 0.372. The van der Waals surface area contributed by atoms with Crippen molar-refractivity contribution in [3.8, 4) is 0 Å². The number of likely N-dealkylation sites (N-methyl/N-ethyl adjacent to an activating group) is 1. The summed E-state index contributed by atoms with van der Waals surface area (Å²) in [5, 5.41) is 3.27. The van der Waals surface area contributed by atoms with Gasteiger partial charge in [0.15, 0.2) is 11.2 Å². The van der Waals surface area contributed by atoms with Gasteiger partial charge >= 0.3 is 5.69 Å². The lowest BCUT2D eigenvalue weighted by atomic mass is 10.2. The van der Waals surface area contributed by atoms with Gasteiger partial charge in [-0.25, -0.2) is 4.79 Å². The van der Waals surface area contributed by atoms with E-state index in [9.17, 15) is 9.59 Å². The molecule has 3 aromatic rings. The van der Waals surface area contributed by atoms with Crippen molar-refractivity contribution in [2.75, 3.05) is 32.5 Å². The summed E-state index contributed by atoms with van der Waals surface area (Å²) >= 11 is 0. The third kappa shape index (κ3) is 3.48. The van der Waals surface area contributed by atoms with Crippen molar-refractivity contribution in [3.05, 3.63) is 56.7 Å². The summed E-state index contributed by atoms with van der Waals surface area (Å²) in [6.07, 6.45) is 0. The maximum atomic E-state index is 12.4. The Labute approximate surface area is 144 Å². The lowest BCUT2D eigenvalue weighted by molar-refractivity contribution is 0.424. The van der Waals surface area contributed by atoms with Gasteiger partial charge in [-0.3, -0.25) is 18.9 Å². The van der Waals surface area contributed by atoms with E-state index < -0.39 is 11.2 Å². The van der Waals surface area contributed by atoms with Gasteiger partial charge in [-0.2, -0.15) is 4.98 Å². The number of benzene rings is 1. The highest BCUT2D eigenvalue weighted by Crippen LogP contribution is 2.17. The number of aryl methyl sites for hydroxylation is 1. The molecule has 0 saturated carbocycles. The molecule has 8 heteroatoms. The lowest BCUT2D eigenvalue weighted by Crippen LogP contribution is -2.29. The minimum Gasteiger partial charge on any atom is -0.354 e. The Hall–Kier alpha value is -2.87. The summed E-state index contributed by atoms with van der Waals surface area (Å²) in [6, 6.07) is 9.83. The quantitative estimate of drug-likeness (QED) is 0.679. The Morgan fingerprint density at radius 1 is 1.20 bits per heavy atom. The molecule has 0 fully saturated rings. The second-order valence-electron chi connectivity index (χ2n) is 6.23. The Kier molecular flexibility index (Phi) is 4.71. The highest BCUT2D eigenvalue weighted by Gasteiger charge is 2.17. The zero-order valence-electron chi connectivity index (χ0n) is 14.6. The van der Waals surface area contributed by atoms with E-state index in [2.05, 4.69) is 20.2 Å². The van der Waals surface area contributed by atoms with Crippen LogP contribution in [-0.2, 0) is 13.6 Å². The highest BCUT2D eigenvalue weighted by molar-refractivity contribution is 5.74. The fraction of sp³-hybridized carbons (Fsp3) is 0.353. The van der Waals surface area contributed by atoms with E-state index in [1.165, 1.54) is 4.57 Å². The van der Waals surface area contributed by atoms with Gasteiger partial charge in [0.05, 0.1) is 6.54 Å². The van der Waals surface area contributed by atoms with E-state index in [1.807, 2.05) is 49.0 Å². The van der Waals surface area contributed by atoms with Gasteiger partial charge in [0.2, 0.25) is 5.95 Å². The molecule has 132 valence electrons. The van der Waals surface area contributed by atoms with Crippen LogP contribution in [0, 0.1) is 0 Å². The van der Waals surface area contributed by atoms with Crippen molar-refractivity contribution in [1.82, 2.24) is 24.0 Å². The standard InChI is InChI=1S/C17H22N6O2/c1-21(2)10-9-18-16-19-14-13(15(24)20-17(25)22(14)3)23(16)11-12-7-5-4-6-8-12/h4-8H,9-11H2,1-3H3,(H,18,19)(H,20,24,25). The molecule has 0 atom stereocenters. The maximum absolute atomic E-state index is 12.4. The summed E-state index contributed by atoms with van der Waals surface area (Å²) in [5.74, 6) is 0.576. The molecule has 0 aliphatic rings. The fourth-order valence-electron chi connectivity index (χ4n) is 2.68. The molecule has 0 radical (unpaired) electrons. The topological polar surface area (TPSA) is 88.0 Å². The van der Waals surface area contributed by atoms with E-state index in [1.54, 1.807) is 7.05 Å². The SMILES string of the molecule is CN(C)CCNc1nc2c(c(=O)[nH]c(=O)n2C)n1Cc1ccccc1. The van der Waals surface area contributed by atoms with Crippen LogP contribution < -0.4 is 16.6 Å². The van der Waals surface area contributed by atoms with Crippen molar-refractivity contribution in [2.24, 2.45) is 7.05 Å². The molecule has 8 nitrogen and oxygen atoms in total. The second-order valence-corrected chi connectivity index (χ2v) is 6.23. The molecule has 0 amide bonds. The number of rotatable bonds is 6. The van der Waals surface area contributed by atoms with Gasteiger partial charge < -0.3 is 10.2 Å². The van der Waals surface area contributed by atoms with Gasteiger partial charge in [-0.15, -0.1) is 0 Å². The van der Waals surface area contributed by atoms with E-state index >= 15 is 0 Å². The Morgan fingerprint density at radius 3 is 2.60 bits per heavy atom. The van der Waals surface area contributed by atoms with Crippen molar-refractivity contribution in [3.63, 3.8) is 0 Å². The zero-order chi connectivity index (χ0) is 18.0. The molecular formula is C17H22N6O2. The van der Waals surface area contributed by atoms with Crippen LogP contribution in [0.3, 0.4) is 0 Å². The molecule has 2 heterocycles. The van der Waals surface area contributed by atoms with Crippen molar-refractivity contribution < 1.29 is 0 Å². The Balaban J connectivity index is 2.11. The van der Waals surface area contributed by atoms with Crippen LogP contribution in [0.5, 0.6) is 0 Å². The van der Waals surface area contributed by atoms with Crippen LogP contribution in [0.15, 0.2) is 39.9 Å². The number of aromatic amines is 1. The number of aromatic nitrogens is 4. The molecular weight excluding hydrogens is 320 g/mol. The van der Waals surface area contributed by atoms with Gasteiger partial charge in [0.1, 0.15) is 0 Å². The zero-order valence-corrected chi connectivity index (χ0v) is 14.6. The van der Waals surface area contributed by atoms with E-state index in [-0.39, 0.29) is 0 Å². The lowest BCUT2D eigenvalue weighted by Gasteiger charge is -2.13. The molecule has 0 saturated heterocycles. The van der Waals surface area contributed by atoms with Crippen LogP contribution in [0.2, 0.25) is 0 Å².